The second kappa shape index (κ2) is 9.46. The van der Waals surface area contributed by atoms with Crippen LogP contribution in [0.25, 0.3) is 10.3 Å². The summed E-state index contributed by atoms with van der Waals surface area (Å²) in [5.41, 5.74) is 3.03. The Labute approximate surface area is 228 Å². The van der Waals surface area contributed by atoms with Crippen LogP contribution in [0.4, 0.5) is 25.5 Å². The Morgan fingerprint density at radius 2 is 1.97 bits per heavy atom. The lowest BCUT2D eigenvalue weighted by molar-refractivity contribution is -0.119. The van der Waals surface area contributed by atoms with Crippen LogP contribution in [0.15, 0.2) is 23.7 Å². The van der Waals surface area contributed by atoms with Crippen molar-refractivity contribution in [3.8, 4) is 0 Å². The lowest BCUT2D eigenvalue weighted by atomic mass is 10.1. The Morgan fingerprint density at radius 1 is 1.26 bits per heavy atom. The molecular formula is C26H27ClFN5O4S. The van der Waals surface area contributed by atoms with Gasteiger partial charge in [-0.05, 0) is 69.7 Å². The molecule has 9 nitrogen and oxygen atoms in total. The van der Waals surface area contributed by atoms with Crippen molar-refractivity contribution in [3.63, 3.8) is 0 Å². The van der Waals surface area contributed by atoms with Crippen LogP contribution in [-0.2, 0) is 9.53 Å². The van der Waals surface area contributed by atoms with Gasteiger partial charge in [0.05, 0.1) is 22.8 Å². The number of fused-ring (bicyclic) bond motifs is 1. The number of ether oxygens (including phenoxy) is 1. The molecule has 1 saturated heterocycles. The van der Waals surface area contributed by atoms with Crippen LogP contribution in [0.2, 0.25) is 5.02 Å². The van der Waals surface area contributed by atoms with Crippen molar-refractivity contribution >= 4 is 62.8 Å². The summed E-state index contributed by atoms with van der Waals surface area (Å²) in [7, 11) is 1.40. The average Bonchev–Trinajstić information content (AvgIpc) is 3.48. The van der Waals surface area contributed by atoms with Gasteiger partial charge in [0.25, 0.3) is 5.91 Å². The number of likely N-dealkylation sites (N-methyl/N-ethyl adjacent to an activating group) is 1. The van der Waals surface area contributed by atoms with Crippen LogP contribution in [0.3, 0.4) is 0 Å². The first-order valence-electron chi connectivity index (χ1n) is 12.2. The van der Waals surface area contributed by atoms with Crippen molar-refractivity contribution in [3.05, 3.63) is 45.7 Å². The predicted molar refractivity (Wildman–Crippen MR) is 144 cm³/mol. The highest BCUT2D eigenvalue weighted by atomic mass is 35.5. The number of aryl methyl sites for hydroxylation is 1. The normalized spacial score (nSPS) is 17.9. The topological polar surface area (TPSA) is 95.9 Å². The lowest BCUT2D eigenvalue weighted by Crippen LogP contribution is -2.47. The molecule has 200 valence electrons. The molecule has 0 N–H and O–H groups in total. The van der Waals surface area contributed by atoms with Crippen molar-refractivity contribution in [1.29, 1.82) is 0 Å². The number of anilines is 2. The number of aromatic nitrogens is 2. The molecule has 1 atom stereocenters. The van der Waals surface area contributed by atoms with E-state index in [0.717, 1.165) is 33.7 Å². The Morgan fingerprint density at radius 3 is 2.63 bits per heavy atom. The maximum absolute atomic E-state index is 15.0. The van der Waals surface area contributed by atoms with Crippen LogP contribution in [0.5, 0.6) is 0 Å². The summed E-state index contributed by atoms with van der Waals surface area (Å²) >= 11 is 7.43. The van der Waals surface area contributed by atoms with Crippen molar-refractivity contribution in [2.24, 2.45) is 0 Å². The largest absolute Gasteiger partial charge is 0.443 e. The van der Waals surface area contributed by atoms with E-state index >= 15 is 4.39 Å². The molecule has 1 aliphatic heterocycles. The molecular weight excluding hydrogens is 533 g/mol. The van der Waals surface area contributed by atoms with E-state index in [-0.39, 0.29) is 23.1 Å². The third-order valence-corrected chi connectivity index (χ3v) is 7.72. The summed E-state index contributed by atoms with van der Waals surface area (Å²) in [6, 6.07) is 2.90. The lowest BCUT2D eigenvalue weighted by Gasteiger charge is -2.27. The van der Waals surface area contributed by atoms with E-state index in [4.69, 9.17) is 16.3 Å². The van der Waals surface area contributed by atoms with Crippen molar-refractivity contribution in [1.82, 2.24) is 14.9 Å². The number of thiazole rings is 1. The summed E-state index contributed by atoms with van der Waals surface area (Å²) in [5.74, 6) is -0.833. The molecule has 5 rings (SSSR count). The fraction of sp³-hybridized carbons (Fsp3) is 0.423. The van der Waals surface area contributed by atoms with E-state index in [0.29, 0.717) is 16.3 Å². The van der Waals surface area contributed by atoms with Crippen LogP contribution < -0.4 is 9.80 Å². The standard InChI is InChI=1S/C26H27ClFN5O4S/c1-13-6-9-16(20(28)19(13)27)31(5)23(34)17-11-32(25(36)37-26(2,3)4)24(35)33(17)18-10-15(14-7-8-14)21-22(30-18)38-12-29-21/h6,9-10,12,14,17H,7-8,11H2,1-5H3/t17-/m0/s1. The van der Waals surface area contributed by atoms with Crippen LogP contribution in [0, 0.1) is 12.7 Å². The minimum Gasteiger partial charge on any atom is -0.443 e. The number of urea groups is 1. The number of halogens is 2. The number of rotatable bonds is 4. The maximum Gasteiger partial charge on any atom is 0.418 e. The molecule has 12 heteroatoms. The molecule has 1 saturated carbocycles. The number of benzene rings is 1. The average molecular weight is 560 g/mol. The molecule has 0 bridgehead atoms. The van der Waals surface area contributed by atoms with Gasteiger partial charge in [-0.1, -0.05) is 17.7 Å². The molecule has 0 unspecified atom stereocenters. The Balaban J connectivity index is 1.57. The van der Waals surface area contributed by atoms with Gasteiger partial charge in [-0.3, -0.25) is 9.69 Å². The molecule has 3 heterocycles. The highest BCUT2D eigenvalue weighted by Gasteiger charge is 2.48. The Kier molecular flexibility index (Phi) is 6.55. The van der Waals surface area contributed by atoms with Gasteiger partial charge >= 0.3 is 12.1 Å². The molecule has 38 heavy (non-hydrogen) atoms. The molecule has 0 spiro atoms. The molecule has 2 fully saturated rings. The Hall–Kier alpha value is -3.31. The quantitative estimate of drug-likeness (QED) is 0.396. The van der Waals surface area contributed by atoms with Crippen molar-refractivity contribution < 1.29 is 23.5 Å². The summed E-state index contributed by atoms with van der Waals surface area (Å²) in [6.07, 6.45) is 1.11. The summed E-state index contributed by atoms with van der Waals surface area (Å²) in [6.45, 7) is 6.42. The second-order valence-electron chi connectivity index (χ2n) is 10.5. The predicted octanol–water partition coefficient (Wildman–Crippen LogP) is 5.88. The van der Waals surface area contributed by atoms with Crippen molar-refractivity contribution in [2.45, 2.75) is 58.1 Å². The third-order valence-electron chi connectivity index (χ3n) is 6.54. The van der Waals surface area contributed by atoms with E-state index in [2.05, 4.69) is 9.97 Å². The maximum atomic E-state index is 15.0. The molecule has 2 aliphatic rings. The monoisotopic (exact) mass is 559 g/mol. The highest BCUT2D eigenvalue weighted by Crippen LogP contribution is 2.44. The van der Waals surface area contributed by atoms with E-state index in [1.54, 1.807) is 45.3 Å². The number of pyridine rings is 1. The SMILES string of the molecule is Cc1ccc(N(C)C(=O)[C@@H]2CN(C(=O)OC(C)(C)C)C(=O)N2c2cc(C3CC3)c3ncsc3n2)c(F)c1Cl. The zero-order chi connectivity index (χ0) is 27.5. The summed E-state index contributed by atoms with van der Waals surface area (Å²) < 4.78 is 20.5. The van der Waals surface area contributed by atoms with Gasteiger partial charge in [0.2, 0.25) is 0 Å². The first-order valence-corrected chi connectivity index (χ1v) is 13.4. The van der Waals surface area contributed by atoms with Gasteiger partial charge in [0, 0.05) is 7.05 Å². The smallest absolute Gasteiger partial charge is 0.418 e. The van der Waals surface area contributed by atoms with E-state index in [1.807, 2.05) is 0 Å². The molecule has 4 amide bonds. The van der Waals surface area contributed by atoms with E-state index in [9.17, 15) is 14.4 Å². The Bertz CT molecular complexity index is 1470. The second-order valence-corrected chi connectivity index (χ2v) is 11.7. The first kappa shape index (κ1) is 26.3. The number of carbonyl (C=O) groups excluding carboxylic acids is 3. The van der Waals surface area contributed by atoms with Gasteiger partial charge in [0.1, 0.15) is 27.8 Å². The number of nitrogens with zero attached hydrogens (tertiary/aromatic N) is 5. The number of amides is 4. The third kappa shape index (κ3) is 4.69. The summed E-state index contributed by atoms with van der Waals surface area (Å²) in [4.78, 5) is 53.4. The minimum atomic E-state index is -1.18. The first-order chi connectivity index (χ1) is 17.9. The minimum absolute atomic E-state index is 0.0433. The fourth-order valence-corrected chi connectivity index (χ4v) is 5.29. The summed E-state index contributed by atoms with van der Waals surface area (Å²) in [5, 5.41) is -0.0942. The van der Waals surface area contributed by atoms with Gasteiger partial charge < -0.3 is 9.64 Å². The number of carbonyl (C=O) groups is 3. The van der Waals surface area contributed by atoms with Crippen molar-refractivity contribution in [2.75, 3.05) is 23.4 Å². The molecule has 3 aromatic rings. The zero-order valence-corrected chi connectivity index (χ0v) is 23.2. The number of imide groups is 1. The van der Waals surface area contributed by atoms with Crippen LogP contribution in [-0.4, -0.2) is 58.1 Å². The zero-order valence-electron chi connectivity index (χ0n) is 21.6. The van der Waals surface area contributed by atoms with Crippen LogP contribution in [0.1, 0.15) is 50.7 Å². The van der Waals surface area contributed by atoms with Gasteiger partial charge in [-0.25, -0.2) is 28.8 Å². The van der Waals surface area contributed by atoms with Crippen LogP contribution >= 0.6 is 22.9 Å². The molecule has 1 aliphatic carbocycles. The van der Waals surface area contributed by atoms with Gasteiger partial charge in [0.15, 0.2) is 5.82 Å². The number of hydrogen-bond donors (Lipinski definition) is 0. The molecule has 2 aromatic heterocycles. The fourth-order valence-electron chi connectivity index (χ4n) is 4.44. The molecule has 0 radical (unpaired) electrons. The van der Waals surface area contributed by atoms with E-state index in [1.165, 1.54) is 29.4 Å². The van der Waals surface area contributed by atoms with E-state index < -0.39 is 35.5 Å². The number of hydrogen-bond acceptors (Lipinski definition) is 7. The highest BCUT2D eigenvalue weighted by molar-refractivity contribution is 7.16. The van der Waals surface area contributed by atoms with Gasteiger partial charge in [-0.2, -0.15) is 0 Å². The van der Waals surface area contributed by atoms with Gasteiger partial charge in [-0.15, -0.1) is 11.3 Å². The molecule has 1 aromatic carbocycles.